The third-order valence-electron chi connectivity index (χ3n) is 1.93. The topological polar surface area (TPSA) is 75.4 Å². The van der Waals surface area contributed by atoms with E-state index in [0.29, 0.717) is 0 Å². The van der Waals surface area contributed by atoms with Gasteiger partial charge in [0.2, 0.25) is 11.8 Å². The monoisotopic (exact) mass is 201 g/mol. The molecule has 82 valence electrons. The van der Waals surface area contributed by atoms with Crippen LogP contribution in [-0.4, -0.2) is 43.4 Å². The lowest BCUT2D eigenvalue weighted by Crippen LogP contribution is -2.46. The first-order chi connectivity index (χ1) is 6.36. The Labute approximate surface area is 84.6 Å². The van der Waals surface area contributed by atoms with Crippen LogP contribution in [-0.2, 0) is 9.59 Å². The van der Waals surface area contributed by atoms with Crippen LogP contribution in [0.15, 0.2) is 0 Å². The smallest absolute Gasteiger partial charge is 0.241 e. The second kappa shape index (κ2) is 5.59. The van der Waals surface area contributed by atoms with Gasteiger partial charge in [-0.15, -0.1) is 0 Å². The number of hydrogen-bond acceptors (Lipinski definition) is 3. The molecule has 0 aromatic carbocycles. The maximum absolute atomic E-state index is 11.3. The number of carbonyl (C=O) groups excluding carboxylic acids is 2. The van der Waals surface area contributed by atoms with Gasteiger partial charge in [0.25, 0.3) is 0 Å². The molecule has 5 nitrogen and oxygen atoms in total. The third-order valence-corrected chi connectivity index (χ3v) is 1.93. The quantitative estimate of drug-likeness (QED) is 0.623. The predicted molar refractivity (Wildman–Crippen MR) is 54.5 cm³/mol. The number of rotatable bonds is 4. The van der Waals surface area contributed by atoms with Crippen molar-refractivity contribution in [2.75, 3.05) is 20.6 Å². The van der Waals surface area contributed by atoms with Crippen molar-refractivity contribution in [3.8, 4) is 0 Å². The summed E-state index contributed by atoms with van der Waals surface area (Å²) in [5.41, 5.74) is 5.59. The Morgan fingerprint density at radius 1 is 1.36 bits per heavy atom. The van der Waals surface area contributed by atoms with Crippen LogP contribution in [0.4, 0.5) is 0 Å². The van der Waals surface area contributed by atoms with Crippen molar-refractivity contribution in [1.29, 1.82) is 0 Å². The average molecular weight is 201 g/mol. The van der Waals surface area contributed by atoms with E-state index in [0.717, 1.165) is 0 Å². The summed E-state index contributed by atoms with van der Waals surface area (Å²) in [4.78, 5) is 23.8. The van der Waals surface area contributed by atoms with Crippen LogP contribution in [0.3, 0.4) is 0 Å². The molecule has 0 fully saturated rings. The minimum absolute atomic E-state index is 0.00620. The van der Waals surface area contributed by atoms with Gasteiger partial charge in [-0.25, -0.2) is 0 Å². The van der Waals surface area contributed by atoms with Crippen molar-refractivity contribution >= 4 is 11.8 Å². The van der Waals surface area contributed by atoms with Gasteiger partial charge in [0.15, 0.2) is 0 Å². The number of carbonyl (C=O) groups is 2. The van der Waals surface area contributed by atoms with Crippen molar-refractivity contribution in [3.63, 3.8) is 0 Å². The van der Waals surface area contributed by atoms with Gasteiger partial charge in [0.05, 0.1) is 12.6 Å². The molecular formula is C9H19N3O2. The summed E-state index contributed by atoms with van der Waals surface area (Å²) in [5.74, 6) is -0.353. The van der Waals surface area contributed by atoms with E-state index in [2.05, 4.69) is 5.32 Å². The Kier molecular flexibility index (Phi) is 5.15. The van der Waals surface area contributed by atoms with Gasteiger partial charge >= 0.3 is 0 Å². The zero-order valence-corrected chi connectivity index (χ0v) is 9.20. The van der Waals surface area contributed by atoms with Crippen molar-refractivity contribution in [1.82, 2.24) is 10.2 Å². The van der Waals surface area contributed by atoms with Crippen molar-refractivity contribution in [2.45, 2.75) is 19.9 Å². The first kappa shape index (κ1) is 12.9. The van der Waals surface area contributed by atoms with E-state index in [1.54, 1.807) is 14.1 Å². The molecule has 0 bridgehead atoms. The maximum Gasteiger partial charge on any atom is 0.241 e. The van der Waals surface area contributed by atoms with Gasteiger partial charge in [-0.1, -0.05) is 13.8 Å². The van der Waals surface area contributed by atoms with Crippen molar-refractivity contribution in [3.05, 3.63) is 0 Å². The molecule has 0 aliphatic carbocycles. The van der Waals surface area contributed by atoms with Crippen LogP contribution < -0.4 is 11.1 Å². The molecule has 0 radical (unpaired) electrons. The molecule has 0 saturated carbocycles. The predicted octanol–water partition coefficient (Wildman–Crippen LogP) is -0.826. The molecule has 0 saturated heterocycles. The normalized spacial score (nSPS) is 12.4. The summed E-state index contributed by atoms with van der Waals surface area (Å²) < 4.78 is 0. The summed E-state index contributed by atoms with van der Waals surface area (Å²) in [6.07, 6.45) is 0. The van der Waals surface area contributed by atoms with Gasteiger partial charge in [0, 0.05) is 14.1 Å². The minimum atomic E-state index is -0.551. The molecular weight excluding hydrogens is 182 g/mol. The summed E-state index contributed by atoms with van der Waals surface area (Å²) in [5, 5.41) is 2.49. The fourth-order valence-corrected chi connectivity index (χ4v) is 0.741. The fraction of sp³-hybridized carbons (Fsp3) is 0.778. The van der Waals surface area contributed by atoms with Gasteiger partial charge in [-0.3, -0.25) is 9.59 Å². The number of nitrogens with two attached hydrogens (primary N) is 1. The van der Waals surface area contributed by atoms with E-state index >= 15 is 0 Å². The average Bonchev–Trinajstić information content (AvgIpc) is 2.11. The van der Waals surface area contributed by atoms with E-state index in [4.69, 9.17) is 5.73 Å². The second-order valence-corrected chi connectivity index (χ2v) is 3.78. The van der Waals surface area contributed by atoms with E-state index in [9.17, 15) is 9.59 Å². The van der Waals surface area contributed by atoms with Gasteiger partial charge in [0.1, 0.15) is 0 Å². The van der Waals surface area contributed by atoms with E-state index in [-0.39, 0.29) is 24.3 Å². The summed E-state index contributed by atoms with van der Waals surface area (Å²) >= 11 is 0. The molecule has 0 spiro atoms. The molecule has 0 rings (SSSR count). The van der Waals surface area contributed by atoms with Crippen molar-refractivity contribution < 1.29 is 9.59 Å². The highest BCUT2D eigenvalue weighted by Gasteiger charge is 2.17. The number of nitrogens with zero attached hydrogens (tertiary/aromatic N) is 1. The lowest BCUT2D eigenvalue weighted by atomic mass is 10.1. The highest BCUT2D eigenvalue weighted by molar-refractivity contribution is 5.87. The molecule has 0 heterocycles. The molecule has 5 heteroatoms. The van der Waals surface area contributed by atoms with Crippen LogP contribution in [0.5, 0.6) is 0 Å². The van der Waals surface area contributed by atoms with Crippen LogP contribution in [0, 0.1) is 5.92 Å². The molecule has 3 N–H and O–H groups in total. The molecule has 14 heavy (non-hydrogen) atoms. The number of likely N-dealkylation sites (N-methyl/N-ethyl adjacent to an activating group) is 1. The maximum atomic E-state index is 11.3. The van der Waals surface area contributed by atoms with Gasteiger partial charge < -0.3 is 16.0 Å². The highest BCUT2D eigenvalue weighted by atomic mass is 16.2. The highest BCUT2D eigenvalue weighted by Crippen LogP contribution is 1.97. The number of nitrogens with one attached hydrogen (secondary N) is 1. The van der Waals surface area contributed by atoms with Crippen LogP contribution in [0.25, 0.3) is 0 Å². The number of hydrogen-bond donors (Lipinski definition) is 2. The van der Waals surface area contributed by atoms with Crippen molar-refractivity contribution in [2.24, 2.45) is 11.7 Å². The van der Waals surface area contributed by atoms with Gasteiger partial charge in [-0.2, -0.15) is 0 Å². The Morgan fingerprint density at radius 2 is 1.86 bits per heavy atom. The second-order valence-electron chi connectivity index (χ2n) is 3.78. The molecule has 0 aliphatic rings. The Morgan fingerprint density at radius 3 is 2.21 bits per heavy atom. The zero-order chi connectivity index (χ0) is 11.3. The molecule has 2 amide bonds. The molecule has 1 atom stereocenters. The van der Waals surface area contributed by atoms with E-state index in [1.807, 2.05) is 13.8 Å². The minimum Gasteiger partial charge on any atom is -0.347 e. The summed E-state index contributed by atoms with van der Waals surface area (Å²) in [7, 11) is 3.27. The third kappa shape index (κ3) is 4.23. The van der Waals surface area contributed by atoms with Crippen LogP contribution in [0.1, 0.15) is 13.8 Å². The van der Waals surface area contributed by atoms with Crippen LogP contribution in [0.2, 0.25) is 0 Å². The first-order valence-electron chi connectivity index (χ1n) is 4.59. The first-order valence-corrected chi connectivity index (χ1v) is 4.59. The summed E-state index contributed by atoms with van der Waals surface area (Å²) in [6.45, 7) is 3.72. The summed E-state index contributed by atoms with van der Waals surface area (Å²) in [6, 6.07) is -0.551. The largest absolute Gasteiger partial charge is 0.347 e. The standard InChI is InChI=1S/C9H19N3O2/c1-6(2)8(10)9(14)11-5-7(13)12(3)4/h6,8H,5,10H2,1-4H3,(H,11,14)/t8-/m0/s1. The molecule has 0 unspecified atom stereocenters. The Hall–Kier alpha value is -1.10. The lowest BCUT2D eigenvalue weighted by Gasteiger charge is -2.16. The van der Waals surface area contributed by atoms with E-state index in [1.165, 1.54) is 4.90 Å². The van der Waals surface area contributed by atoms with Gasteiger partial charge in [-0.05, 0) is 5.92 Å². The lowest BCUT2D eigenvalue weighted by molar-refractivity contribution is -0.131. The Bertz CT molecular complexity index is 214. The molecule has 0 aliphatic heterocycles. The SMILES string of the molecule is CC(C)[C@H](N)C(=O)NCC(=O)N(C)C. The molecule has 0 aromatic heterocycles. The van der Waals surface area contributed by atoms with E-state index < -0.39 is 6.04 Å². The fourth-order valence-electron chi connectivity index (χ4n) is 0.741. The Balaban J connectivity index is 3.91. The van der Waals surface area contributed by atoms with Crippen LogP contribution >= 0.6 is 0 Å². The molecule has 0 aromatic rings. The zero-order valence-electron chi connectivity index (χ0n) is 9.20. The number of amides is 2.